The lowest BCUT2D eigenvalue weighted by Crippen LogP contribution is -2.20. The predicted octanol–water partition coefficient (Wildman–Crippen LogP) is -0.119. The van der Waals surface area contributed by atoms with Crippen molar-refractivity contribution in [2.45, 2.75) is 6.54 Å². The third-order valence-corrected chi connectivity index (χ3v) is 1.79. The largest absolute Gasteiger partial charge is 0.483 e. The van der Waals surface area contributed by atoms with Gasteiger partial charge in [-0.2, -0.15) is 5.26 Å². The maximum absolute atomic E-state index is 10.5. The van der Waals surface area contributed by atoms with E-state index in [0.717, 1.165) is 5.56 Å². The summed E-state index contributed by atoms with van der Waals surface area (Å²) in [4.78, 5) is 10.5. The van der Waals surface area contributed by atoms with Crippen molar-refractivity contribution in [3.63, 3.8) is 0 Å². The summed E-state index contributed by atoms with van der Waals surface area (Å²) in [6.45, 7) is 0.0572. The molecule has 0 saturated heterocycles. The molecule has 0 fully saturated rings. The smallest absolute Gasteiger partial charge is 0.255 e. The van der Waals surface area contributed by atoms with Crippen molar-refractivity contribution in [3.05, 3.63) is 29.3 Å². The Kier molecular flexibility index (Phi) is 3.66. The summed E-state index contributed by atoms with van der Waals surface area (Å²) in [6, 6.07) is 6.83. The number of carbonyl (C=O) groups is 1. The van der Waals surface area contributed by atoms with Gasteiger partial charge in [0.1, 0.15) is 5.75 Å². The number of rotatable bonds is 4. The molecular formula is C10H11N3O2. The number of nitrogens with zero attached hydrogens (tertiary/aromatic N) is 1. The fraction of sp³-hybridized carbons (Fsp3) is 0.200. The molecule has 1 rings (SSSR count). The van der Waals surface area contributed by atoms with Crippen molar-refractivity contribution >= 4 is 5.91 Å². The van der Waals surface area contributed by atoms with E-state index in [1.165, 1.54) is 6.07 Å². The molecule has 78 valence electrons. The first-order chi connectivity index (χ1) is 7.17. The Bertz CT molecular complexity index is 410. The number of benzene rings is 1. The van der Waals surface area contributed by atoms with Crippen molar-refractivity contribution in [3.8, 4) is 11.8 Å². The van der Waals surface area contributed by atoms with Gasteiger partial charge in [0.05, 0.1) is 11.6 Å². The highest BCUT2D eigenvalue weighted by Crippen LogP contribution is 2.19. The lowest BCUT2D eigenvalue weighted by molar-refractivity contribution is -0.119. The second kappa shape index (κ2) is 4.98. The summed E-state index contributed by atoms with van der Waals surface area (Å²) in [6.07, 6.45) is 0. The minimum absolute atomic E-state index is 0.220. The van der Waals surface area contributed by atoms with Gasteiger partial charge in [-0.3, -0.25) is 4.79 Å². The third-order valence-electron chi connectivity index (χ3n) is 1.79. The first-order valence-electron chi connectivity index (χ1n) is 4.31. The number of carbonyl (C=O) groups excluding carboxylic acids is 1. The van der Waals surface area contributed by atoms with Gasteiger partial charge in [-0.15, -0.1) is 0 Å². The first-order valence-corrected chi connectivity index (χ1v) is 4.31. The van der Waals surface area contributed by atoms with E-state index in [1.807, 2.05) is 6.07 Å². The average molecular weight is 205 g/mol. The zero-order chi connectivity index (χ0) is 11.3. The monoisotopic (exact) mass is 205 g/mol. The Morgan fingerprint density at radius 3 is 2.80 bits per heavy atom. The molecule has 0 aromatic heterocycles. The molecular weight excluding hydrogens is 194 g/mol. The van der Waals surface area contributed by atoms with Crippen LogP contribution in [-0.2, 0) is 11.3 Å². The van der Waals surface area contributed by atoms with E-state index in [2.05, 4.69) is 0 Å². The molecule has 5 heteroatoms. The third kappa shape index (κ3) is 2.97. The quantitative estimate of drug-likeness (QED) is 0.715. The van der Waals surface area contributed by atoms with Crippen LogP contribution in [0.2, 0.25) is 0 Å². The van der Waals surface area contributed by atoms with Crippen LogP contribution in [0.25, 0.3) is 0 Å². The summed E-state index contributed by atoms with van der Waals surface area (Å²) >= 11 is 0. The number of hydrogen-bond donors (Lipinski definition) is 2. The molecule has 0 aliphatic rings. The van der Waals surface area contributed by atoms with Gasteiger partial charge >= 0.3 is 0 Å². The van der Waals surface area contributed by atoms with Crippen molar-refractivity contribution in [2.75, 3.05) is 6.61 Å². The average Bonchev–Trinajstić information content (AvgIpc) is 2.25. The summed E-state index contributed by atoms with van der Waals surface area (Å²) in [5.74, 6) is -0.143. The van der Waals surface area contributed by atoms with Crippen LogP contribution in [0.4, 0.5) is 0 Å². The zero-order valence-corrected chi connectivity index (χ0v) is 8.06. The van der Waals surface area contributed by atoms with Crippen LogP contribution in [0.15, 0.2) is 18.2 Å². The number of primary amides is 1. The van der Waals surface area contributed by atoms with E-state index in [1.54, 1.807) is 12.1 Å². The number of nitrogens with two attached hydrogens (primary N) is 2. The summed E-state index contributed by atoms with van der Waals surface area (Å²) in [5.41, 5.74) is 11.6. The SMILES string of the molecule is N#Cc1ccc(CN)c(OCC(N)=O)c1. The predicted molar refractivity (Wildman–Crippen MR) is 53.7 cm³/mol. The standard InChI is InChI=1S/C10H11N3O2/c11-4-7-1-2-8(5-12)9(3-7)15-6-10(13)14/h1-3H,5-6,12H2,(H2,13,14). The van der Waals surface area contributed by atoms with Gasteiger partial charge in [-0.05, 0) is 12.1 Å². The van der Waals surface area contributed by atoms with Crippen LogP contribution in [0.5, 0.6) is 5.75 Å². The van der Waals surface area contributed by atoms with Gasteiger partial charge in [-0.25, -0.2) is 0 Å². The highest BCUT2D eigenvalue weighted by Gasteiger charge is 2.05. The van der Waals surface area contributed by atoms with Gasteiger partial charge < -0.3 is 16.2 Å². The minimum atomic E-state index is -0.569. The topological polar surface area (TPSA) is 102 Å². The van der Waals surface area contributed by atoms with E-state index in [4.69, 9.17) is 21.5 Å². The minimum Gasteiger partial charge on any atom is -0.483 e. The Morgan fingerprint density at radius 1 is 1.53 bits per heavy atom. The Balaban J connectivity index is 2.92. The van der Waals surface area contributed by atoms with Crippen LogP contribution in [0, 0.1) is 11.3 Å². The number of ether oxygens (including phenoxy) is 1. The van der Waals surface area contributed by atoms with Crippen molar-refractivity contribution in [1.29, 1.82) is 5.26 Å². The molecule has 0 heterocycles. The number of hydrogen-bond acceptors (Lipinski definition) is 4. The second-order valence-electron chi connectivity index (χ2n) is 2.89. The highest BCUT2D eigenvalue weighted by molar-refractivity contribution is 5.75. The molecule has 0 atom stereocenters. The van der Waals surface area contributed by atoms with Gasteiger partial charge in [0, 0.05) is 12.1 Å². The molecule has 0 unspecified atom stereocenters. The Labute approximate surface area is 87.2 Å². The molecule has 0 aliphatic carbocycles. The summed E-state index contributed by atoms with van der Waals surface area (Å²) < 4.78 is 5.13. The Morgan fingerprint density at radius 2 is 2.27 bits per heavy atom. The van der Waals surface area contributed by atoms with E-state index in [-0.39, 0.29) is 13.2 Å². The van der Waals surface area contributed by atoms with E-state index in [9.17, 15) is 4.79 Å². The summed E-state index contributed by atoms with van der Waals surface area (Å²) in [5, 5.41) is 8.67. The molecule has 0 spiro atoms. The van der Waals surface area contributed by atoms with Crippen molar-refractivity contribution in [2.24, 2.45) is 11.5 Å². The zero-order valence-electron chi connectivity index (χ0n) is 8.06. The van der Waals surface area contributed by atoms with Crippen LogP contribution in [0.3, 0.4) is 0 Å². The van der Waals surface area contributed by atoms with Gasteiger partial charge in [0.15, 0.2) is 6.61 Å². The molecule has 4 N–H and O–H groups in total. The van der Waals surface area contributed by atoms with Gasteiger partial charge in [-0.1, -0.05) is 6.07 Å². The van der Waals surface area contributed by atoms with Crippen LogP contribution < -0.4 is 16.2 Å². The van der Waals surface area contributed by atoms with Crippen LogP contribution >= 0.6 is 0 Å². The van der Waals surface area contributed by atoms with Crippen molar-refractivity contribution in [1.82, 2.24) is 0 Å². The first kappa shape index (κ1) is 11.0. The molecule has 0 saturated carbocycles. The molecule has 15 heavy (non-hydrogen) atoms. The van der Waals surface area contributed by atoms with Crippen LogP contribution in [0.1, 0.15) is 11.1 Å². The normalized spacial score (nSPS) is 9.33. The maximum atomic E-state index is 10.5. The molecule has 1 aromatic carbocycles. The highest BCUT2D eigenvalue weighted by atomic mass is 16.5. The molecule has 1 amide bonds. The fourth-order valence-corrected chi connectivity index (χ4v) is 1.08. The fourth-order valence-electron chi connectivity index (χ4n) is 1.08. The van der Waals surface area contributed by atoms with Crippen molar-refractivity contribution < 1.29 is 9.53 Å². The number of amides is 1. The van der Waals surface area contributed by atoms with Gasteiger partial charge in [0.25, 0.3) is 5.91 Å². The van der Waals surface area contributed by atoms with Gasteiger partial charge in [0.2, 0.25) is 0 Å². The molecule has 1 aromatic rings. The van der Waals surface area contributed by atoms with Crippen LogP contribution in [-0.4, -0.2) is 12.5 Å². The molecule has 0 aliphatic heterocycles. The maximum Gasteiger partial charge on any atom is 0.255 e. The number of nitriles is 1. The molecule has 0 radical (unpaired) electrons. The van der Waals surface area contributed by atoms with E-state index < -0.39 is 5.91 Å². The Hall–Kier alpha value is -2.06. The molecule has 0 bridgehead atoms. The second-order valence-corrected chi connectivity index (χ2v) is 2.89. The molecule has 5 nitrogen and oxygen atoms in total. The van der Waals surface area contributed by atoms with E-state index in [0.29, 0.717) is 11.3 Å². The lowest BCUT2D eigenvalue weighted by atomic mass is 10.1. The van der Waals surface area contributed by atoms with E-state index >= 15 is 0 Å². The summed E-state index contributed by atoms with van der Waals surface area (Å²) in [7, 11) is 0. The lowest BCUT2D eigenvalue weighted by Gasteiger charge is -2.08.